The molecule has 5 atom stereocenters. The zero-order chi connectivity index (χ0) is 24.8. The predicted molar refractivity (Wildman–Crippen MR) is 128 cm³/mol. The second kappa shape index (κ2) is 11.6. The number of nitrogens with zero attached hydrogens (tertiary/aromatic N) is 1. The van der Waals surface area contributed by atoms with Crippen LogP contribution in [-0.2, 0) is 14.3 Å². The fourth-order valence-electron chi connectivity index (χ4n) is 4.67. The number of rotatable bonds is 5. The van der Waals surface area contributed by atoms with Gasteiger partial charge in [-0.15, -0.1) is 0 Å². The number of amides is 3. The van der Waals surface area contributed by atoms with E-state index >= 15 is 0 Å². The Kier molecular flexibility index (Phi) is 8.33. The van der Waals surface area contributed by atoms with E-state index in [0.29, 0.717) is 18.5 Å². The van der Waals surface area contributed by atoms with Gasteiger partial charge in [-0.3, -0.25) is 4.79 Å². The lowest BCUT2D eigenvalue weighted by Crippen LogP contribution is -2.58. The zero-order valence-corrected chi connectivity index (χ0v) is 19.7. The van der Waals surface area contributed by atoms with Crippen molar-refractivity contribution in [3.05, 3.63) is 66.0 Å². The third-order valence-electron chi connectivity index (χ3n) is 6.41. The molecule has 2 saturated heterocycles. The summed E-state index contributed by atoms with van der Waals surface area (Å²) in [6, 6.07) is 14.5. The summed E-state index contributed by atoms with van der Waals surface area (Å²) in [4.78, 5) is 27.3. The van der Waals surface area contributed by atoms with Crippen LogP contribution in [0, 0.1) is 5.82 Å². The first-order valence-corrected chi connectivity index (χ1v) is 12.0. The highest BCUT2D eigenvalue weighted by molar-refractivity contribution is 5.89. The van der Waals surface area contributed by atoms with Crippen molar-refractivity contribution >= 4 is 17.6 Å². The number of nitrogens with one attached hydrogen (secondary N) is 2. The lowest BCUT2D eigenvalue weighted by Gasteiger charge is -2.44. The van der Waals surface area contributed by atoms with E-state index < -0.39 is 24.1 Å². The van der Waals surface area contributed by atoms with Gasteiger partial charge in [0.2, 0.25) is 5.91 Å². The quantitative estimate of drug-likeness (QED) is 0.604. The Morgan fingerprint density at radius 2 is 1.94 bits per heavy atom. The van der Waals surface area contributed by atoms with E-state index in [2.05, 4.69) is 10.6 Å². The topological polar surface area (TPSA) is 100 Å². The molecule has 3 N–H and O–H groups in total. The fraction of sp³-hybridized carbons (Fsp3) is 0.462. The molecule has 0 aromatic heterocycles. The molecule has 9 heteroatoms. The predicted octanol–water partition coefficient (Wildman–Crippen LogP) is 3.23. The van der Waals surface area contributed by atoms with Gasteiger partial charge in [0.1, 0.15) is 11.9 Å². The number of ether oxygens (including phenoxy) is 2. The SMILES string of the molecule is C[C@H](NC(=O)C[C@@H]1CC[C@@H]2[C@H](COC[C@H](O)CN2C(=O)Nc2cccc(F)c2)O1)c1ccccc1. The number of hydrogen-bond acceptors (Lipinski definition) is 5. The number of fused-ring (bicyclic) bond motifs is 1. The first-order chi connectivity index (χ1) is 16.9. The number of carbonyl (C=O) groups excluding carboxylic acids is 2. The second-order valence-corrected chi connectivity index (χ2v) is 9.13. The standard InChI is InChI=1S/C26H32FN3O5/c1-17(18-6-3-2-4-7-18)28-25(32)13-22-10-11-23-24(35-22)16-34-15-21(31)14-30(23)26(33)29-20-9-5-8-19(27)12-20/h2-9,12,17,21-24,31H,10-11,13-16H2,1H3,(H,28,32)(H,29,33)/t17-,21+,22-,23+,24-/m0/s1. The number of anilines is 1. The maximum Gasteiger partial charge on any atom is 0.322 e. The van der Waals surface area contributed by atoms with Crippen molar-refractivity contribution < 1.29 is 28.6 Å². The van der Waals surface area contributed by atoms with Gasteiger partial charge in [0.15, 0.2) is 0 Å². The lowest BCUT2D eigenvalue weighted by atomic mass is 9.94. The highest BCUT2D eigenvalue weighted by Gasteiger charge is 2.40. The Hall–Kier alpha value is -3.01. The van der Waals surface area contributed by atoms with Crippen molar-refractivity contribution in [1.29, 1.82) is 0 Å². The summed E-state index contributed by atoms with van der Waals surface area (Å²) in [5, 5.41) is 16.0. The summed E-state index contributed by atoms with van der Waals surface area (Å²) >= 11 is 0. The van der Waals surface area contributed by atoms with Gasteiger partial charge in [0, 0.05) is 5.69 Å². The molecule has 8 nitrogen and oxygen atoms in total. The first kappa shape index (κ1) is 25.1. The van der Waals surface area contributed by atoms with Gasteiger partial charge in [0.25, 0.3) is 0 Å². The van der Waals surface area contributed by atoms with E-state index in [-0.39, 0.29) is 50.3 Å². The normalized spacial score (nSPS) is 25.5. The largest absolute Gasteiger partial charge is 0.389 e. The Balaban J connectivity index is 1.38. The van der Waals surface area contributed by atoms with Crippen molar-refractivity contribution in [3.63, 3.8) is 0 Å². The van der Waals surface area contributed by atoms with Crippen LogP contribution in [0.15, 0.2) is 54.6 Å². The van der Waals surface area contributed by atoms with Crippen LogP contribution in [0.5, 0.6) is 0 Å². The minimum Gasteiger partial charge on any atom is -0.389 e. The van der Waals surface area contributed by atoms with Gasteiger partial charge >= 0.3 is 6.03 Å². The summed E-state index contributed by atoms with van der Waals surface area (Å²) in [7, 11) is 0. The van der Waals surface area contributed by atoms with Crippen molar-refractivity contribution in [2.75, 3.05) is 25.1 Å². The summed E-state index contributed by atoms with van der Waals surface area (Å²) in [5.74, 6) is -0.557. The molecule has 0 radical (unpaired) electrons. The average molecular weight is 486 g/mol. The number of hydrogen-bond donors (Lipinski definition) is 3. The van der Waals surface area contributed by atoms with Crippen LogP contribution in [0.4, 0.5) is 14.9 Å². The summed E-state index contributed by atoms with van der Waals surface area (Å²) in [6.07, 6.45) is -0.229. The zero-order valence-electron chi connectivity index (χ0n) is 19.7. The number of halogens is 1. The van der Waals surface area contributed by atoms with Crippen molar-refractivity contribution in [3.8, 4) is 0 Å². The second-order valence-electron chi connectivity index (χ2n) is 9.13. The number of carbonyl (C=O) groups is 2. The molecule has 0 saturated carbocycles. The van der Waals surface area contributed by atoms with E-state index in [1.807, 2.05) is 37.3 Å². The van der Waals surface area contributed by atoms with E-state index in [0.717, 1.165) is 5.56 Å². The number of aliphatic hydroxyl groups excluding tert-OH is 1. The van der Waals surface area contributed by atoms with Crippen LogP contribution in [0.1, 0.15) is 37.8 Å². The monoisotopic (exact) mass is 485 g/mol. The van der Waals surface area contributed by atoms with Gasteiger partial charge in [-0.1, -0.05) is 36.4 Å². The Labute approximate surface area is 204 Å². The molecule has 2 aliphatic rings. The van der Waals surface area contributed by atoms with Gasteiger partial charge in [-0.25, -0.2) is 9.18 Å². The van der Waals surface area contributed by atoms with Crippen LogP contribution in [0.25, 0.3) is 0 Å². The Morgan fingerprint density at radius 1 is 1.14 bits per heavy atom. The maximum atomic E-state index is 13.6. The molecule has 3 amide bonds. The lowest BCUT2D eigenvalue weighted by molar-refractivity contribution is -0.150. The molecule has 2 heterocycles. The molecule has 2 aromatic carbocycles. The van der Waals surface area contributed by atoms with Crippen LogP contribution in [-0.4, -0.2) is 66.1 Å². The Morgan fingerprint density at radius 3 is 2.71 bits per heavy atom. The highest BCUT2D eigenvalue weighted by Crippen LogP contribution is 2.28. The van der Waals surface area contributed by atoms with E-state index in [1.165, 1.54) is 23.1 Å². The van der Waals surface area contributed by atoms with Crippen molar-refractivity contribution in [2.45, 2.75) is 56.6 Å². The van der Waals surface area contributed by atoms with Gasteiger partial charge in [0.05, 0.1) is 50.5 Å². The highest BCUT2D eigenvalue weighted by atomic mass is 19.1. The third kappa shape index (κ3) is 6.78. The molecule has 0 bridgehead atoms. The molecular weight excluding hydrogens is 453 g/mol. The molecular formula is C26H32FN3O5. The molecule has 2 fully saturated rings. The molecule has 0 unspecified atom stereocenters. The number of benzene rings is 2. The van der Waals surface area contributed by atoms with Crippen LogP contribution < -0.4 is 10.6 Å². The molecule has 188 valence electrons. The third-order valence-corrected chi connectivity index (χ3v) is 6.41. The number of aliphatic hydroxyl groups is 1. The maximum absolute atomic E-state index is 13.6. The van der Waals surface area contributed by atoms with Gasteiger partial charge in [-0.2, -0.15) is 0 Å². The first-order valence-electron chi connectivity index (χ1n) is 12.0. The Bertz CT molecular complexity index is 1010. The molecule has 35 heavy (non-hydrogen) atoms. The summed E-state index contributed by atoms with van der Waals surface area (Å²) < 4.78 is 25.4. The van der Waals surface area contributed by atoms with Crippen LogP contribution in [0.3, 0.4) is 0 Å². The van der Waals surface area contributed by atoms with Gasteiger partial charge in [-0.05, 0) is 43.5 Å². The summed E-state index contributed by atoms with van der Waals surface area (Å²) in [5.41, 5.74) is 1.36. The molecule has 0 aliphatic carbocycles. The fourth-order valence-corrected chi connectivity index (χ4v) is 4.67. The molecule has 4 rings (SSSR count). The van der Waals surface area contributed by atoms with Gasteiger partial charge < -0.3 is 30.1 Å². The number of urea groups is 1. The number of β-amino-alcohol motifs (C(OH)–C–C–N with tert-alkyl or cyclic N) is 1. The van der Waals surface area contributed by atoms with E-state index in [1.54, 1.807) is 6.07 Å². The van der Waals surface area contributed by atoms with E-state index in [9.17, 15) is 19.1 Å². The van der Waals surface area contributed by atoms with Crippen molar-refractivity contribution in [2.24, 2.45) is 0 Å². The van der Waals surface area contributed by atoms with Crippen LogP contribution >= 0.6 is 0 Å². The van der Waals surface area contributed by atoms with Crippen molar-refractivity contribution in [1.82, 2.24) is 10.2 Å². The average Bonchev–Trinajstić information content (AvgIpc) is 2.82. The molecule has 2 aliphatic heterocycles. The van der Waals surface area contributed by atoms with E-state index in [4.69, 9.17) is 9.47 Å². The van der Waals surface area contributed by atoms with Crippen LogP contribution in [0.2, 0.25) is 0 Å². The minimum atomic E-state index is -0.850. The minimum absolute atomic E-state index is 0.0609. The molecule has 2 aromatic rings. The summed E-state index contributed by atoms with van der Waals surface area (Å²) in [6.45, 7) is 2.26. The molecule has 0 spiro atoms. The smallest absolute Gasteiger partial charge is 0.322 e.